The third-order valence-electron chi connectivity index (χ3n) is 1.59. The Morgan fingerprint density at radius 2 is 2.17 bits per heavy atom. The lowest BCUT2D eigenvalue weighted by molar-refractivity contribution is 0.931. The van der Waals surface area contributed by atoms with Gasteiger partial charge in [0.2, 0.25) is 0 Å². The lowest BCUT2D eigenvalue weighted by Crippen LogP contribution is -1.87. The fourth-order valence-corrected chi connectivity index (χ4v) is 1.51. The van der Waals surface area contributed by atoms with Crippen molar-refractivity contribution >= 4 is 34.4 Å². The molecule has 2 rings (SSSR count). The van der Waals surface area contributed by atoms with E-state index < -0.39 is 0 Å². The molecule has 62 valence electrons. The van der Waals surface area contributed by atoms with Crippen LogP contribution in [0.1, 0.15) is 0 Å². The van der Waals surface area contributed by atoms with Crippen LogP contribution in [0, 0.1) is 0 Å². The number of rotatable bonds is 0. The molecule has 0 atom stereocenters. The molecule has 2 aromatic heterocycles. The minimum Gasteiger partial charge on any atom is -0.318 e. The van der Waals surface area contributed by atoms with Gasteiger partial charge in [-0.15, -0.1) is 0 Å². The summed E-state index contributed by atoms with van der Waals surface area (Å²) in [6.07, 6.45) is 1.65. The molecule has 0 fully saturated rings. The summed E-state index contributed by atoms with van der Waals surface area (Å²) in [7, 11) is 1.84. The van der Waals surface area contributed by atoms with Crippen LogP contribution >= 0.6 is 23.2 Å². The van der Waals surface area contributed by atoms with E-state index in [4.69, 9.17) is 23.2 Å². The quantitative estimate of drug-likeness (QED) is 0.613. The van der Waals surface area contributed by atoms with Crippen LogP contribution in [0.2, 0.25) is 10.2 Å². The summed E-state index contributed by atoms with van der Waals surface area (Å²) in [4.78, 5) is 8.15. The Kier molecular flexibility index (Phi) is 1.70. The fourth-order valence-electron chi connectivity index (χ4n) is 1.03. The molecule has 0 N–H and O–H groups in total. The van der Waals surface area contributed by atoms with Gasteiger partial charge in [-0.2, -0.15) is 0 Å². The number of aryl methyl sites for hydroxylation is 1. The first kappa shape index (κ1) is 7.83. The van der Waals surface area contributed by atoms with Crippen LogP contribution in [0.25, 0.3) is 11.2 Å². The van der Waals surface area contributed by atoms with Crippen LogP contribution in [0.3, 0.4) is 0 Å². The molecule has 2 heterocycles. The highest BCUT2D eigenvalue weighted by molar-refractivity contribution is 6.37. The summed E-state index contributed by atoms with van der Waals surface area (Å²) in [5.74, 6) is 0. The first-order valence-corrected chi connectivity index (χ1v) is 4.07. The molecule has 2 aromatic rings. The van der Waals surface area contributed by atoms with Gasteiger partial charge >= 0.3 is 0 Å². The predicted molar refractivity (Wildman–Crippen MR) is 48.5 cm³/mol. The van der Waals surface area contributed by atoms with Crippen molar-refractivity contribution in [3.63, 3.8) is 0 Å². The van der Waals surface area contributed by atoms with Crippen molar-refractivity contribution in [3.8, 4) is 0 Å². The largest absolute Gasteiger partial charge is 0.318 e. The van der Waals surface area contributed by atoms with Crippen LogP contribution in [0.4, 0.5) is 0 Å². The Balaban J connectivity index is 2.92. The van der Waals surface area contributed by atoms with E-state index in [-0.39, 0.29) is 0 Å². The van der Waals surface area contributed by atoms with Gasteiger partial charge in [0, 0.05) is 7.05 Å². The van der Waals surface area contributed by atoms with Crippen LogP contribution in [0.5, 0.6) is 0 Å². The third kappa shape index (κ3) is 1.06. The number of imidazole rings is 1. The van der Waals surface area contributed by atoms with Crippen molar-refractivity contribution in [1.29, 1.82) is 0 Å². The molecule has 0 aliphatic rings. The van der Waals surface area contributed by atoms with Gasteiger partial charge in [0.05, 0.1) is 11.3 Å². The normalized spacial score (nSPS) is 10.9. The Labute approximate surface area is 78.9 Å². The molecule has 12 heavy (non-hydrogen) atoms. The number of hydrogen-bond donors (Lipinski definition) is 0. The first-order chi connectivity index (χ1) is 5.68. The summed E-state index contributed by atoms with van der Waals surface area (Å²) < 4.78 is 1.77. The molecule has 0 bridgehead atoms. The molecule has 0 aliphatic heterocycles. The van der Waals surface area contributed by atoms with E-state index in [1.807, 2.05) is 7.05 Å². The van der Waals surface area contributed by atoms with E-state index in [0.29, 0.717) is 21.3 Å². The summed E-state index contributed by atoms with van der Waals surface area (Å²) in [6.45, 7) is 0. The zero-order chi connectivity index (χ0) is 8.72. The van der Waals surface area contributed by atoms with Crippen LogP contribution in [-0.4, -0.2) is 14.5 Å². The van der Waals surface area contributed by atoms with Crippen molar-refractivity contribution in [2.75, 3.05) is 0 Å². The molecule has 0 radical (unpaired) electrons. The van der Waals surface area contributed by atoms with Crippen molar-refractivity contribution in [1.82, 2.24) is 14.5 Å². The Hall–Kier alpha value is -0.800. The van der Waals surface area contributed by atoms with Crippen LogP contribution in [0.15, 0.2) is 12.4 Å². The van der Waals surface area contributed by atoms with Gasteiger partial charge in [0.15, 0.2) is 5.65 Å². The Bertz CT molecular complexity index is 435. The van der Waals surface area contributed by atoms with Crippen LogP contribution < -0.4 is 0 Å². The third-order valence-corrected chi connectivity index (χ3v) is 2.07. The highest BCUT2D eigenvalue weighted by atomic mass is 35.5. The van der Waals surface area contributed by atoms with Crippen LogP contribution in [-0.2, 0) is 7.05 Å². The molecule has 0 saturated heterocycles. The van der Waals surface area contributed by atoms with Crippen molar-refractivity contribution in [3.05, 3.63) is 22.6 Å². The monoisotopic (exact) mass is 201 g/mol. The van der Waals surface area contributed by atoms with Gasteiger partial charge < -0.3 is 4.57 Å². The summed E-state index contributed by atoms with van der Waals surface area (Å²) in [5.41, 5.74) is 1.39. The molecule has 0 amide bonds. The van der Waals surface area contributed by atoms with E-state index in [9.17, 15) is 0 Å². The SMILES string of the molecule is Cn1cnc2c(Cl)cc(Cl)nc21. The number of fused-ring (bicyclic) bond motifs is 1. The molecule has 0 spiro atoms. The van der Waals surface area contributed by atoms with E-state index in [1.165, 1.54) is 0 Å². The second-order valence-electron chi connectivity index (χ2n) is 2.45. The van der Waals surface area contributed by atoms with E-state index in [2.05, 4.69) is 9.97 Å². The first-order valence-electron chi connectivity index (χ1n) is 3.31. The van der Waals surface area contributed by atoms with E-state index in [1.54, 1.807) is 17.0 Å². The maximum atomic E-state index is 5.88. The summed E-state index contributed by atoms with van der Waals surface area (Å²) in [6, 6.07) is 1.58. The molecule has 5 heteroatoms. The lowest BCUT2D eigenvalue weighted by Gasteiger charge is -1.95. The zero-order valence-electron chi connectivity index (χ0n) is 6.25. The Morgan fingerprint density at radius 1 is 1.42 bits per heavy atom. The van der Waals surface area contributed by atoms with Gasteiger partial charge in [0.1, 0.15) is 10.7 Å². The molecule has 0 unspecified atom stereocenters. The molecule has 0 aromatic carbocycles. The maximum Gasteiger partial charge on any atom is 0.162 e. The predicted octanol–water partition coefficient (Wildman–Crippen LogP) is 2.28. The van der Waals surface area contributed by atoms with Crippen molar-refractivity contribution in [2.24, 2.45) is 7.05 Å². The minimum absolute atomic E-state index is 0.385. The number of hydrogen-bond acceptors (Lipinski definition) is 2. The number of pyridine rings is 1. The van der Waals surface area contributed by atoms with Gasteiger partial charge in [-0.3, -0.25) is 0 Å². The highest BCUT2D eigenvalue weighted by Gasteiger charge is 2.06. The zero-order valence-corrected chi connectivity index (χ0v) is 7.76. The number of aromatic nitrogens is 3. The lowest BCUT2D eigenvalue weighted by atomic mass is 10.4. The number of nitrogens with zero attached hydrogens (tertiary/aromatic N) is 3. The molecule has 3 nitrogen and oxygen atoms in total. The average molecular weight is 202 g/mol. The summed E-state index contributed by atoms with van der Waals surface area (Å²) >= 11 is 11.6. The minimum atomic E-state index is 0.385. The summed E-state index contributed by atoms with van der Waals surface area (Å²) in [5, 5.41) is 0.918. The smallest absolute Gasteiger partial charge is 0.162 e. The Morgan fingerprint density at radius 3 is 2.92 bits per heavy atom. The van der Waals surface area contributed by atoms with Crippen molar-refractivity contribution < 1.29 is 0 Å². The number of halogens is 2. The van der Waals surface area contributed by atoms with Gasteiger partial charge in [-0.1, -0.05) is 23.2 Å². The van der Waals surface area contributed by atoms with Gasteiger partial charge in [-0.05, 0) is 6.07 Å². The van der Waals surface area contributed by atoms with Gasteiger partial charge in [-0.25, -0.2) is 9.97 Å². The average Bonchev–Trinajstić information content (AvgIpc) is 2.33. The van der Waals surface area contributed by atoms with E-state index in [0.717, 1.165) is 0 Å². The second kappa shape index (κ2) is 2.61. The van der Waals surface area contributed by atoms with Gasteiger partial charge in [0.25, 0.3) is 0 Å². The highest BCUT2D eigenvalue weighted by Crippen LogP contribution is 2.22. The molecule has 0 saturated carbocycles. The second-order valence-corrected chi connectivity index (χ2v) is 3.25. The maximum absolute atomic E-state index is 5.88. The molecule has 0 aliphatic carbocycles. The van der Waals surface area contributed by atoms with Crippen molar-refractivity contribution in [2.45, 2.75) is 0 Å². The molecular formula is C7H5Cl2N3. The topological polar surface area (TPSA) is 30.7 Å². The molecular weight excluding hydrogens is 197 g/mol. The standard InChI is InChI=1S/C7H5Cl2N3/c1-12-3-10-6-4(8)2-5(9)11-7(6)12/h2-3H,1H3. The van der Waals surface area contributed by atoms with E-state index >= 15 is 0 Å². The fraction of sp³-hybridized carbons (Fsp3) is 0.143.